The Balaban J connectivity index is 1.43. The van der Waals surface area contributed by atoms with Crippen LogP contribution in [0.3, 0.4) is 0 Å². The third-order valence-electron chi connectivity index (χ3n) is 6.34. The molecule has 33 heavy (non-hydrogen) atoms. The van der Waals surface area contributed by atoms with Gasteiger partial charge in [-0.15, -0.1) is 11.3 Å². The fraction of sp³-hybridized carbons (Fsp3) is 0.320. The van der Waals surface area contributed by atoms with Gasteiger partial charge in [0.15, 0.2) is 0 Å². The molecule has 0 unspecified atom stereocenters. The van der Waals surface area contributed by atoms with Crippen LogP contribution in [0, 0.1) is 6.92 Å². The van der Waals surface area contributed by atoms with E-state index in [2.05, 4.69) is 10.00 Å². The van der Waals surface area contributed by atoms with Crippen LogP contribution >= 0.6 is 22.9 Å². The minimum absolute atomic E-state index is 0.0453. The quantitative estimate of drug-likeness (QED) is 0.418. The number of benzene rings is 2. The van der Waals surface area contributed by atoms with Gasteiger partial charge in [-0.2, -0.15) is 5.10 Å². The number of carbonyl (C=O) groups excluding carboxylic acids is 1. The maximum atomic E-state index is 13.5. The molecule has 1 aliphatic rings. The van der Waals surface area contributed by atoms with Gasteiger partial charge in [0, 0.05) is 47.0 Å². The Morgan fingerprint density at radius 2 is 1.88 bits per heavy atom. The van der Waals surface area contributed by atoms with Crippen molar-refractivity contribution < 1.29 is 4.79 Å². The molecule has 1 aliphatic heterocycles. The molecule has 1 saturated heterocycles. The first-order valence-electron chi connectivity index (χ1n) is 11.2. The average Bonchev–Trinajstić information content (AvgIpc) is 3.23. The number of rotatable bonds is 4. The highest BCUT2D eigenvalue weighted by Gasteiger charge is 2.30. The Hall–Kier alpha value is -2.90. The topological polar surface area (TPSA) is 58.4 Å². The fourth-order valence-corrected chi connectivity index (χ4v) is 5.93. The third-order valence-corrected chi connectivity index (χ3v) is 7.85. The number of fused-ring (bicyclic) bond motifs is 3. The number of aromatic nitrogens is 2. The van der Waals surface area contributed by atoms with Crippen LogP contribution in [0.2, 0.25) is 5.02 Å². The lowest BCUT2D eigenvalue weighted by molar-refractivity contribution is -0.135. The monoisotopic (exact) mass is 480 g/mol. The van der Waals surface area contributed by atoms with Gasteiger partial charge in [-0.25, -0.2) is 4.68 Å². The Labute approximate surface area is 201 Å². The first-order valence-corrected chi connectivity index (χ1v) is 12.4. The van der Waals surface area contributed by atoms with E-state index in [0.29, 0.717) is 29.9 Å². The summed E-state index contributed by atoms with van der Waals surface area (Å²) in [5.74, 6) is -0.0453. The standard InChI is InChI=1S/C25H25ClN4O2S/c1-3-20(24(31)29-13-11-28(12-14-29)18-8-6-7-17(26)15-18)30-25(32)22-19-9-4-5-10-21(19)33-23(22)16(2)27-30/h4-10,15,20H,3,11-14H2,1-2H3/t20-/m0/s1. The van der Waals surface area contributed by atoms with Gasteiger partial charge in [0.05, 0.1) is 15.8 Å². The molecule has 0 N–H and O–H groups in total. The van der Waals surface area contributed by atoms with Gasteiger partial charge in [0.25, 0.3) is 5.56 Å². The minimum atomic E-state index is -0.614. The van der Waals surface area contributed by atoms with E-state index in [1.165, 1.54) is 4.68 Å². The molecule has 5 rings (SSSR count). The van der Waals surface area contributed by atoms with Crippen molar-refractivity contribution in [1.82, 2.24) is 14.7 Å². The summed E-state index contributed by atoms with van der Waals surface area (Å²) in [6, 6.07) is 15.1. The highest BCUT2D eigenvalue weighted by Crippen LogP contribution is 2.33. The highest BCUT2D eigenvalue weighted by atomic mass is 35.5. The first kappa shape index (κ1) is 21.9. The summed E-state index contributed by atoms with van der Waals surface area (Å²) in [6.45, 7) is 6.48. The van der Waals surface area contributed by atoms with Crippen LogP contribution in [0.25, 0.3) is 20.2 Å². The zero-order chi connectivity index (χ0) is 23.1. The number of amides is 1. The van der Waals surface area contributed by atoms with Gasteiger partial charge in [-0.3, -0.25) is 9.59 Å². The molecule has 1 fully saturated rings. The number of thiophene rings is 1. The van der Waals surface area contributed by atoms with Gasteiger partial charge in [-0.1, -0.05) is 42.8 Å². The predicted octanol–water partition coefficient (Wildman–Crippen LogP) is 4.87. The van der Waals surface area contributed by atoms with Crippen LogP contribution in [0.15, 0.2) is 53.3 Å². The molecule has 0 radical (unpaired) electrons. The number of aryl methyl sites for hydroxylation is 1. The molecule has 3 heterocycles. The predicted molar refractivity (Wildman–Crippen MR) is 136 cm³/mol. The second-order valence-electron chi connectivity index (χ2n) is 8.35. The first-order chi connectivity index (χ1) is 16.0. The van der Waals surface area contributed by atoms with E-state index in [1.807, 2.05) is 67.3 Å². The van der Waals surface area contributed by atoms with Crippen molar-refractivity contribution in [2.45, 2.75) is 26.3 Å². The number of halogens is 1. The largest absolute Gasteiger partial charge is 0.368 e. The van der Waals surface area contributed by atoms with Crippen LogP contribution < -0.4 is 10.5 Å². The van der Waals surface area contributed by atoms with Gasteiger partial charge >= 0.3 is 0 Å². The van der Waals surface area contributed by atoms with Crippen LogP contribution in [0.4, 0.5) is 5.69 Å². The van der Waals surface area contributed by atoms with Crippen molar-refractivity contribution in [3.63, 3.8) is 0 Å². The van der Waals surface area contributed by atoms with E-state index in [4.69, 9.17) is 11.6 Å². The number of anilines is 1. The number of carbonyl (C=O) groups is 1. The lowest BCUT2D eigenvalue weighted by atomic mass is 10.1. The molecule has 170 valence electrons. The maximum absolute atomic E-state index is 13.5. The summed E-state index contributed by atoms with van der Waals surface area (Å²) in [6.07, 6.45) is 0.507. The number of piperazine rings is 1. The average molecular weight is 481 g/mol. The normalized spacial score (nSPS) is 15.4. The number of hydrogen-bond acceptors (Lipinski definition) is 5. The van der Waals surface area contributed by atoms with Gasteiger partial charge < -0.3 is 9.80 Å². The van der Waals surface area contributed by atoms with E-state index in [-0.39, 0.29) is 11.5 Å². The van der Waals surface area contributed by atoms with E-state index in [9.17, 15) is 9.59 Å². The van der Waals surface area contributed by atoms with Crippen molar-refractivity contribution in [1.29, 1.82) is 0 Å². The molecule has 4 aromatic rings. The lowest BCUT2D eigenvalue weighted by Gasteiger charge is -2.37. The highest BCUT2D eigenvalue weighted by molar-refractivity contribution is 7.26. The van der Waals surface area contributed by atoms with E-state index in [1.54, 1.807) is 11.3 Å². The second kappa shape index (κ2) is 8.80. The van der Waals surface area contributed by atoms with Crippen LogP contribution in [0.1, 0.15) is 25.1 Å². The van der Waals surface area contributed by atoms with Crippen LogP contribution in [0.5, 0.6) is 0 Å². The Kier molecular flexibility index (Phi) is 5.85. The van der Waals surface area contributed by atoms with Crippen molar-refractivity contribution in [3.05, 3.63) is 69.6 Å². The minimum Gasteiger partial charge on any atom is -0.368 e. The molecule has 1 amide bonds. The Bertz CT molecular complexity index is 1400. The molecule has 0 saturated carbocycles. The van der Waals surface area contributed by atoms with E-state index < -0.39 is 6.04 Å². The van der Waals surface area contributed by atoms with Gasteiger partial charge in [0.1, 0.15) is 6.04 Å². The molecule has 2 aromatic heterocycles. The summed E-state index contributed by atoms with van der Waals surface area (Å²) in [7, 11) is 0. The zero-order valence-corrected chi connectivity index (χ0v) is 20.2. The van der Waals surface area contributed by atoms with Crippen LogP contribution in [-0.4, -0.2) is 46.8 Å². The maximum Gasteiger partial charge on any atom is 0.276 e. The molecule has 6 nitrogen and oxygen atoms in total. The van der Waals surface area contributed by atoms with E-state index in [0.717, 1.165) is 39.3 Å². The molecule has 0 spiro atoms. The van der Waals surface area contributed by atoms with Gasteiger partial charge in [0.2, 0.25) is 5.91 Å². The smallest absolute Gasteiger partial charge is 0.276 e. The van der Waals surface area contributed by atoms with Crippen molar-refractivity contribution >= 4 is 54.7 Å². The van der Waals surface area contributed by atoms with Crippen LogP contribution in [-0.2, 0) is 4.79 Å². The number of hydrogen-bond donors (Lipinski definition) is 0. The van der Waals surface area contributed by atoms with Crippen molar-refractivity contribution in [2.24, 2.45) is 0 Å². The van der Waals surface area contributed by atoms with Crippen molar-refractivity contribution in [2.75, 3.05) is 31.1 Å². The molecule has 0 aliphatic carbocycles. The summed E-state index contributed by atoms with van der Waals surface area (Å²) in [4.78, 5) is 31.1. The molecular formula is C25H25ClN4O2S. The Morgan fingerprint density at radius 1 is 1.12 bits per heavy atom. The summed E-state index contributed by atoms with van der Waals surface area (Å²) in [5.41, 5.74) is 1.65. The number of nitrogens with zero attached hydrogens (tertiary/aromatic N) is 4. The lowest BCUT2D eigenvalue weighted by Crippen LogP contribution is -2.51. The summed E-state index contributed by atoms with van der Waals surface area (Å²) in [5, 5.41) is 6.90. The SMILES string of the molecule is CC[C@@H](C(=O)N1CCN(c2cccc(Cl)c2)CC1)n1nc(C)c2sc3ccccc3c2c1=O. The fourth-order valence-electron chi connectivity index (χ4n) is 4.61. The molecular weight excluding hydrogens is 456 g/mol. The summed E-state index contributed by atoms with van der Waals surface area (Å²) < 4.78 is 3.38. The molecule has 0 bridgehead atoms. The Morgan fingerprint density at radius 3 is 2.61 bits per heavy atom. The third kappa shape index (κ3) is 3.89. The molecule has 2 aromatic carbocycles. The van der Waals surface area contributed by atoms with Crippen molar-refractivity contribution in [3.8, 4) is 0 Å². The van der Waals surface area contributed by atoms with Gasteiger partial charge in [-0.05, 0) is 37.6 Å². The molecule has 8 heteroatoms. The second-order valence-corrected chi connectivity index (χ2v) is 9.84. The summed E-state index contributed by atoms with van der Waals surface area (Å²) >= 11 is 7.72. The molecule has 1 atom stereocenters. The zero-order valence-electron chi connectivity index (χ0n) is 18.6. The van der Waals surface area contributed by atoms with E-state index >= 15 is 0 Å².